The van der Waals surface area contributed by atoms with E-state index in [1.807, 2.05) is 0 Å². The fourth-order valence-electron chi connectivity index (χ4n) is 2.08. The first-order valence-electron chi connectivity index (χ1n) is 5.93. The molecule has 1 heterocycles. The fraction of sp³-hybridized carbons (Fsp3) is 0.385. The van der Waals surface area contributed by atoms with Gasteiger partial charge < -0.3 is 15.3 Å². The molecule has 0 unspecified atom stereocenters. The summed E-state index contributed by atoms with van der Waals surface area (Å²) in [5.41, 5.74) is -0.682. The van der Waals surface area contributed by atoms with Gasteiger partial charge in [0.2, 0.25) is 5.91 Å². The first-order chi connectivity index (χ1) is 8.84. The number of amides is 2. The normalized spacial score (nSPS) is 18.1. The number of phenols is 1. The van der Waals surface area contributed by atoms with E-state index in [9.17, 15) is 14.7 Å². The van der Waals surface area contributed by atoms with E-state index >= 15 is 0 Å². The molecule has 19 heavy (non-hydrogen) atoms. The Kier molecular flexibility index (Phi) is 3.71. The first kappa shape index (κ1) is 14.1. The Labute approximate surface area is 125 Å². The zero-order valence-electron chi connectivity index (χ0n) is 10.7. The fourth-order valence-corrected chi connectivity index (χ4v) is 2.57. The van der Waals surface area contributed by atoms with Crippen LogP contribution in [0.3, 0.4) is 0 Å². The number of rotatable bonds is 1. The van der Waals surface area contributed by atoms with E-state index in [0.717, 1.165) is 3.57 Å². The largest absolute Gasteiger partial charge is 0.507 e. The van der Waals surface area contributed by atoms with E-state index in [4.69, 9.17) is 0 Å². The lowest BCUT2D eigenvalue weighted by Gasteiger charge is -2.41. The standard InChI is InChI=1S/C13H15IN2O3/c1-13(2)12(19)15-5-6-16(13)11(18)9-7-8(14)3-4-10(9)17/h3-4,7,17H,5-6H2,1-2H3,(H,15,19). The van der Waals surface area contributed by atoms with Gasteiger partial charge in [0.05, 0.1) is 5.56 Å². The molecule has 0 aliphatic carbocycles. The highest BCUT2D eigenvalue weighted by Gasteiger charge is 2.41. The van der Waals surface area contributed by atoms with E-state index in [1.165, 1.54) is 11.0 Å². The zero-order valence-corrected chi connectivity index (χ0v) is 12.9. The van der Waals surface area contributed by atoms with Crippen molar-refractivity contribution in [2.45, 2.75) is 19.4 Å². The van der Waals surface area contributed by atoms with E-state index < -0.39 is 5.54 Å². The highest BCUT2D eigenvalue weighted by Crippen LogP contribution is 2.26. The van der Waals surface area contributed by atoms with E-state index in [0.29, 0.717) is 13.1 Å². The Bertz CT molecular complexity index is 543. The van der Waals surface area contributed by atoms with Gasteiger partial charge in [-0.05, 0) is 54.6 Å². The van der Waals surface area contributed by atoms with Crippen LogP contribution in [0.4, 0.5) is 0 Å². The van der Waals surface area contributed by atoms with Gasteiger partial charge in [0.1, 0.15) is 11.3 Å². The number of carbonyl (C=O) groups is 2. The molecule has 0 aromatic heterocycles. The molecule has 0 saturated carbocycles. The van der Waals surface area contributed by atoms with Crippen molar-refractivity contribution in [2.24, 2.45) is 0 Å². The maximum absolute atomic E-state index is 12.5. The molecule has 1 aromatic rings. The molecule has 0 radical (unpaired) electrons. The van der Waals surface area contributed by atoms with Crippen LogP contribution in [0.1, 0.15) is 24.2 Å². The van der Waals surface area contributed by atoms with Crippen LogP contribution in [0.2, 0.25) is 0 Å². The Morgan fingerprint density at radius 1 is 1.47 bits per heavy atom. The summed E-state index contributed by atoms with van der Waals surface area (Å²) in [7, 11) is 0. The minimum atomic E-state index is -0.914. The number of hydrogen-bond acceptors (Lipinski definition) is 3. The van der Waals surface area contributed by atoms with Crippen LogP contribution in [-0.4, -0.2) is 40.4 Å². The second-order valence-electron chi connectivity index (χ2n) is 4.93. The van der Waals surface area contributed by atoms with Gasteiger partial charge in [-0.1, -0.05) is 0 Å². The van der Waals surface area contributed by atoms with Gasteiger partial charge in [-0.15, -0.1) is 0 Å². The molecule has 6 heteroatoms. The number of piperazine rings is 1. The summed E-state index contributed by atoms with van der Waals surface area (Å²) in [6, 6.07) is 4.84. The lowest BCUT2D eigenvalue weighted by molar-refractivity contribution is -0.133. The van der Waals surface area contributed by atoms with Gasteiger partial charge in [-0.2, -0.15) is 0 Å². The highest BCUT2D eigenvalue weighted by molar-refractivity contribution is 14.1. The molecule has 1 fully saturated rings. The van der Waals surface area contributed by atoms with Crippen LogP contribution in [0.15, 0.2) is 18.2 Å². The third kappa shape index (κ3) is 2.54. The number of aromatic hydroxyl groups is 1. The molecule has 2 rings (SSSR count). The van der Waals surface area contributed by atoms with Crippen molar-refractivity contribution in [2.75, 3.05) is 13.1 Å². The number of nitrogens with one attached hydrogen (secondary N) is 1. The van der Waals surface area contributed by atoms with Crippen molar-refractivity contribution in [3.05, 3.63) is 27.3 Å². The number of benzene rings is 1. The first-order valence-corrected chi connectivity index (χ1v) is 7.00. The smallest absolute Gasteiger partial charge is 0.258 e. The minimum absolute atomic E-state index is 0.0628. The number of hydrogen-bond donors (Lipinski definition) is 2. The summed E-state index contributed by atoms with van der Waals surface area (Å²) in [4.78, 5) is 25.9. The third-order valence-electron chi connectivity index (χ3n) is 3.29. The maximum Gasteiger partial charge on any atom is 0.258 e. The van der Waals surface area contributed by atoms with E-state index in [1.54, 1.807) is 26.0 Å². The van der Waals surface area contributed by atoms with Crippen LogP contribution >= 0.6 is 22.6 Å². The molecule has 102 valence electrons. The Balaban J connectivity index is 2.38. The molecule has 2 amide bonds. The summed E-state index contributed by atoms with van der Waals surface area (Å²) < 4.78 is 0.859. The SMILES string of the molecule is CC1(C)C(=O)NCCN1C(=O)c1cc(I)ccc1O. The molecule has 5 nitrogen and oxygen atoms in total. The molecule has 1 aromatic carbocycles. The van der Waals surface area contributed by atoms with Gasteiger partial charge in [-0.3, -0.25) is 9.59 Å². The van der Waals surface area contributed by atoms with Gasteiger partial charge in [0, 0.05) is 16.7 Å². The zero-order chi connectivity index (χ0) is 14.2. The maximum atomic E-state index is 12.5. The number of phenolic OH excluding ortho intramolecular Hbond substituents is 1. The lowest BCUT2D eigenvalue weighted by atomic mass is 9.97. The third-order valence-corrected chi connectivity index (χ3v) is 3.96. The van der Waals surface area contributed by atoms with Crippen LogP contribution in [0.25, 0.3) is 0 Å². The van der Waals surface area contributed by atoms with Gasteiger partial charge in [0.25, 0.3) is 5.91 Å². The average molecular weight is 374 g/mol. The molecule has 0 spiro atoms. The van der Waals surface area contributed by atoms with Crippen molar-refractivity contribution in [3.8, 4) is 5.75 Å². The average Bonchev–Trinajstić information content (AvgIpc) is 2.35. The molecule has 2 N–H and O–H groups in total. The van der Waals surface area contributed by atoms with Crippen LogP contribution < -0.4 is 5.32 Å². The van der Waals surface area contributed by atoms with Gasteiger partial charge in [-0.25, -0.2) is 0 Å². The van der Waals surface area contributed by atoms with Crippen LogP contribution in [-0.2, 0) is 4.79 Å². The predicted octanol–water partition coefficient (Wildman–Crippen LogP) is 1.35. The Morgan fingerprint density at radius 2 is 2.16 bits per heavy atom. The topological polar surface area (TPSA) is 69.6 Å². The van der Waals surface area contributed by atoms with Gasteiger partial charge >= 0.3 is 0 Å². The minimum Gasteiger partial charge on any atom is -0.507 e. The number of nitrogens with zero attached hydrogens (tertiary/aromatic N) is 1. The molecule has 1 aliphatic rings. The summed E-state index contributed by atoms with van der Waals surface area (Å²) in [6.07, 6.45) is 0. The van der Waals surface area contributed by atoms with E-state index in [-0.39, 0.29) is 23.1 Å². The highest BCUT2D eigenvalue weighted by atomic mass is 127. The predicted molar refractivity (Wildman–Crippen MR) is 78.9 cm³/mol. The van der Waals surface area contributed by atoms with Crippen LogP contribution in [0, 0.1) is 3.57 Å². The molecular weight excluding hydrogens is 359 g/mol. The molecule has 0 bridgehead atoms. The molecule has 1 saturated heterocycles. The summed E-state index contributed by atoms with van der Waals surface area (Å²) in [5.74, 6) is -0.569. The number of halogens is 1. The monoisotopic (exact) mass is 374 g/mol. The lowest BCUT2D eigenvalue weighted by Crippen LogP contribution is -2.63. The van der Waals surface area contributed by atoms with Gasteiger partial charge in [0.15, 0.2) is 0 Å². The Hall–Kier alpha value is -1.31. The van der Waals surface area contributed by atoms with Crippen molar-refractivity contribution in [1.82, 2.24) is 10.2 Å². The second kappa shape index (κ2) is 4.99. The Morgan fingerprint density at radius 3 is 2.84 bits per heavy atom. The molecule has 1 aliphatic heterocycles. The molecule has 0 atom stereocenters. The second-order valence-corrected chi connectivity index (χ2v) is 6.18. The summed E-state index contributed by atoms with van der Waals surface area (Å²) in [6.45, 7) is 4.26. The number of carbonyl (C=O) groups excluding carboxylic acids is 2. The molecular formula is C13H15IN2O3. The van der Waals surface area contributed by atoms with Crippen molar-refractivity contribution < 1.29 is 14.7 Å². The summed E-state index contributed by atoms with van der Waals surface area (Å²) >= 11 is 2.08. The van der Waals surface area contributed by atoms with Crippen LogP contribution in [0.5, 0.6) is 5.75 Å². The quantitative estimate of drug-likeness (QED) is 0.730. The van der Waals surface area contributed by atoms with Crippen molar-refractivity contribution >= 4 is 34.4 Å². The van der Waals surface area contributed by atoms with Crippen molar-refractivity contribution in [3.63, 3.8) is 0 Å². The van der Waals surface area contributed by atoms with E-state index in [2.05, 4.69) is 27.9 Å². The van der Waals surface area contributed by atoms with Crippen molar-refractivity contribution in [1.29, 1.82) is 0 Å². The summed E-state index contributed by atoms with van der Waals surface area (Å²) in [5, 5.41) is 12.6.